The lowest BCUT2D eigenvalue weighted by Gasteiger charge is -2.33. The summed E-state index contributed by atoms with van der Waals surface area (Å²) in [6.07, 6.45) is 4.28. The monoisotopic (exact) mass is 348 g/mol. The summed E-state index contributed by atoms with van der Waals surface area (Å²) < 4.78 is 2.09. The Bertz CT molecular complexity index is 941. The van der Waals surface area contributed by atoms with Crippen LogP contribution in [0.4, 0.5) is 0 Å². The van der Waals surface area contributed by atoms with E-state index in [4.69, 9.17) is 0 Å². The van der Waals surface area contributed by atoms with Gasteiger partial charge in [0, 0.05) is 30.4 Å². The van der Waals surface area contributed by atoms with Crippen LogP contribution in [0.25, 0.3) is 10.9 Å². The molecule has 4 rings (SSSR count). The number of fused-ring (bicyclic) bond motifs is 1. The lowest BCUT2D eigenvalue weighted by Crippen LogP contribution is -2.41. The zero-order valence-corrected chi connectivity index (χ0v) is 15.4. The van der Waals surface area contributed by atoms with E-state index in [1.165, 1.54) is 5.69 Å². The predicted octanol–water partition coefficient (Wildman–Crippen LogP) is 3.45. The number of rotatable bonds is 3. The molecule has 0 saturated carbocycles. The van der Waals surface area contributed by atoms with Gasteiger partial charge in [0.25, 0.3) is 0 Å². The van der Waals surface area contributed by atoms with Crippen molar-refractivity contribution < 1.29 is 4.79 Å². The molecule has 1 amide bonds. The fourth-order valence-corrected chi connectivity index (χ4v) is 3.98. The SMILES string of the molecule is Cc1cc(C)n([C@H]2CCCN(C(=O)Cc3cccc4cccnc34)C2)n1. The number of para-hydroxylation sites is 1. The Morgan fingerprint density at radius 1 is 1.23 bits per heavy atom. The number of hydrogen-bond acceptors (Lipinski definition) is 3. The molecule has 1 fully saturated rings. The second-order valence-electron chi connectivity index (χ2n) is 7.18. The van der Waals surface area contributed by atoms with E-state index in [-0.39, 0.29) is 11.9 Å². The maximum absolute atomic E-state index is 12.9. The zero-order chi connectivity index (χ0) is 18.1. The van der Waals surface area contributed by atoms with E-state index in [0.29, 0.717) is 6.42 Å². The van der Waals surface area contributed by atoms with Crippen LogP contribution in [0, 0.1) is 13.8 Å². The molecule has 1 aliphatic heterocycles. The molecular formula is C21H24N4O. The van der Waals surface area contributed by atoms with E-state index in [2.05, 4.69) is 27.8 Å². The molecule has 0 N–H and O–H groups in total. The fraction of sp³-hybridized carbons (Fsp3) is 0.381. The van der Waals surface area contributed by atoms with Gasteiger partial charge >= 0.3 is 0 Å². The van der Waals surface area contributed by atoms with Crippen molar-refractivity contribution >= 4 is 16.8 Å². The third-order valence-electron chi connectivity index (χ3n) is 5.20. The van der Waals surface area contributed by atoms with Gasteiger partial charge in [0.2, 0.25) is 5.91 Å². The molecule has 1 aromatic carbocycles. The van der Waals surface area contributed by atoms with Crippen molar-refractivity contribution in [2.75, 3.05) is 13.1 Å². The van der Waals surface area contributed by atoms with Gasteiger partial charge < -0.3 is 4.90 Å². The maximum Gasteiger partial charge on any atom is 0.227 e. The molecule has 0 unspecified atom stereocenters. The first-order chi connectivity index (χ1) is 12.6. The Morgan fingerprint density at radius 3 is 2.88 bits per heavy atom. The van der Waals surface area contributed by atoms with Gasteiger partial charge in [-0.05, 0) is 44.4 Å². The lowest BCUT2D eigenvalue weighted by molar-refractivity contribution is -0.132. The number of hydrogen-bond donors (Lipinski definition) is 0. The molecule has 0 spiro atoms. The maximum atomic E-state index is 12.9. The van der Waals surface area contributed by atoms with Gasteiger partial charge in [0.15, 0.2) is 0 Å². The van der Waals surface area contributed by atoms with Crippen molar-refractivity contribution in [3.8, 4) is 0 Å². The number of pyridine rings is 1. The summed E-state index contributed by atoms with van der Waals surface area (Å²) >= 11 is 0. The Hall–Kier alpha value is -2.69. The van der Waals surface area contributed by atoms with E-state index < -0.39 is 0 Å². The molecule has 1 aliphatic rings. The quantitative estimate of drug-likeness (QED) is 0.728. The van der Waals surface area contributed by atoms with E-state index in [1.807, 2.05) is 42.2 Å². The van der Waals surface area contributed by atoms with Gasteiger partial charge in [0.05, 0.1) is 23.7 Å². The fourth-order valence-electron chi connectivity index (χ4n) is 3.98. The summed E-state index contributed by atoms with van der Waals surface area (Å²) in [6, 6.07) is 12.4. The molecule has 26 heavy (non-hydrogen) atoms. The number of benzene rings is 1. The van der Waals surface area contributed by atoms with Crippen LogP contribution in [0.15, 0.2) is 42.6 Å². The Kier molecular flexibility index (Phi) is 4.45. The van der Waals surface area contributed by atoms with E-state index >= 15 is 0 Å². The number of carbonyl (C=O) groups excluding carboxylic acids is 1. The van der Waals surface area contributed by atoms with Crippen molar-refractivity contribution in [1.29, 1.82) is 0 Å². The van der Waals surface area contributed by atoms with E-state index in [1.54, 1.807) is 6.20 Å². The molecule has 2 aromatic heterocycles. The number of aryl methyl sites for hydroxylation is 2. The summed E-state index contributed by atoms with van der Waals surface area (Å²) in [4.78, 5) is 19.4. The highest BCUT2D eigenvalue weighted by molar-refractivity contribution is 5.87. The van der Waals surface area contributed by atoms with E-state index in [9.17, 15) is 4.79 Å². The second kappa shape index (κ2) is 6.90. The first-order valence-electron chi connectivity index (χ1n) is 9.25. The number of carbonyl (C=O) groups is 1. The third kappa shape index (κ3) is 3.21. The highest BCUT2D eigenvalue weighted by atomic mass is 16.2. The smallest absolute Gasteiger partial charge is 0.227 e. The van der Waals surface area contributed by atoms with Crippen molar-refractivity contribution in [3.63, 3.8) is 0 Å². The predicted molar refractivity (Wildman–Crippen MR) is 102 cm³/mol. The van der Waals surface area contributed by atoms with Crippen molar-refractivity contribution in [2.24, 2.45) is 0 Å². The highest BCUT2D eigenvalue weighted by Gasteiger charge is 2.26. The summed E-state index contributed by atoms with van der Waals surface area (Å²) in [7, 11) is 0. The van der Waals surface area contributed by atoms with Crippen LogP contribution >= 0.6 is 0 Å². The van der Waals surface area contributed by atoms with Crippen LogP contribution in [-0.4, -0.2) is 38.7 Å². The third-order valence-corrected chi connectivity index (χ3v) is 5.20. The summed E-state index contributed by atoms with van der Waals surface area (Å²) in [5.41, 5.74) is 4.13. The molecule has 0 bridgehead atoms. The van der Waals surface area contributed by atoms with E-state index in [0.717, 1.165) is 48.1 Å². The van der Waals surface area contributed by atoms with Gasteiger partial charge in [-0.1, -0.05) is 24.3 Å². The summed E-state index contributed by atoms with van der Waals surface area (Å²) in [6.45, 7) is 5.66. The van der Waals surface area contributed by atoms with Crippen LogP contribution in [0.1, 0.15) is 35.8 Å². The number of piperidine rings is 1. The van der Waals surface area contributed by atoms with Gasteiger partial charge in [-0.3, -0.25) is 14.5 Å². The van der Waals surface area contributed by atoms with Crippen LogP contribution in [0.5, 0.6) is 0 Å². The van der Waals surface area contributed by atoms with Gasteiger partial charge in [0.1, 0.15) is 0 Å². The van der Waals surface area contributed by atoms with Crippen molar-refractivity contribution in [3.05, 3.63) is 59.5 Å². The lowest BCUT2D eigenvalue weighted by atomic mass is 10.0. The van der Waals surface area contributed by atoms with Crippen LogP contribution in [0.2, 0.25) is 0 Å². The Labute approximate surface area is 153 Å². The van der Waals surface area contributed by atoms with Gasteiger partial charge in [-0.25, -0.2) is 0 Å². The molecule has 1 saturated heterocycles. The van der Waals surface area contributed by atoms with Gasteiger partial charge in [-0.15, -0.1) is 0 Å². The summed E-state index contributed by atoms with van der Waals surface area (Å²) in [5.74, 6) is 0.175. The molecule has 5 nitrogen and oxygen atoms in total. The minimum Gasteiger partial charge on any atom is -0.340 e. The van der Waals surface area contributed by atoms with Crippen molar-refractivity contribution in [2.45, 2.75) is 39.2 Å². The molecule has 3 aromatic rings. The topological polar surface area (TPSA) is 51.0 Å². The molecule has 3 heterocycles. The minimum absolute atomic E-state index is 0.175. The summed E-state index contributed by atoms with van der Waals surface area (Å²) in [5, 5.41) is 5.70. The molecular weight excluding hydrogens is 324 g/mol. The first-order valence-corrected chi connectivity index (χ1v) is 9.25. The molecule has 5 heteroatoms. The molecule has 134 valence electrons. The minimum atomic E-state index is 0.175. The number of likely N-dealkylation sites (tertiary alicyclic amines) is 1. The van der Waals surface area contributed by atoms with Crippen LogP contribution in [-0.2, 0) is 11.2 Å². The Balaban J connectivity index is 1.52. The second-order valence-corrected chi connectivity index (χ2v) is 7.18. The number of aromatic nitrogens is 3. The standard InChI is InChI=1S/C21H24N4O/c1-15-12-16(2)25(23-15)19-9-5-11-24(14-19)20(26)13-18-7-3-6-17-8-4-10-22-21(17)18/h3-4,6-8,10,12,19H,5,9,11,13-14H2,1-2H3/t19-/m0/s1. The molecule has 0 aliphatic carbocycles. The molecule has 1 atom stereocenters. The number of amides is 1. The zero-order valence-electron chi connectivity index (χ0n) is 15.4. The Morgan fingerprint density at radius 2 is 2.08 bits per heavy atom. The van der Waals surface area contributed by atoms with Crippen molar-refractivity contribution in [1.82, 2.24) is 19.7 Å². The highest BCUT2D eigenvalue weighted by Crippen LogP contribution is 2.24. The van der Waals surface area contributed by atoms with Crippen LogP contribution in [0.3, 0.4) is 0 Å². The first kappa shape index (κ1) is 16.8. The normalized spacial score (nSPS) is 17.6. The number of nitrogens with zero attached hydrogens (tertiary/aromatic N) is 4. The van der Waals surface area contributed by atoms with Crippen LogP contribution < -0.4 is 0 Å². The average Bonchev–Trinajstić information content (AvgIpc) is 3.00. The largest absolute Gasteiger partial charge is 0.340 e. The van der Waals surface area contributed by atoms with Gasteiger partial charge in [-0.2, -0.15) is 5.10 Å². The average molecular weight is 348 g/mol. The molecule has 0 radical (unpaired) electrons.